The second kappa shape index (κ2) is 8.69. The van der Waals surface area contributed by atoms with Crippen molar-refractivity contribution in [2.45, 2.75) is 0 Å². The number of anilines is 2. The highest BCUT2D eigenvalue weighted by molar-refractivity contribution is 6.32. The van der Waals surface area contributed by atoms with Gasteiger partial charge in [0.25, 0.3) is 5.69 Å². The summed E-state index contributed by atoms with van der Waals surface area (Å²) >= 11 is 5.98. The molecule has 1 N–H and O–H groups in total. The van der Waals surface area contributed by atoms with E-state index in [2.05, 4.69) is 5.32 Å². The number of nitro groups is 1. The van der Waals surface area contributed by atoms with E-state index in [1.165, 1.54) is 6.07 Å². The van der Waals surface area contributed by atoms with Crippen LogP contribution in [-0.4, -0.2) is 48.5 Å². The zero-order chi connectivity index (χ0) is 20.1. The van der Waals surface area contributed by atoms with E-state index in [-0.39, 0.29) is 23.1 Å². The summed E-state index contributed by atoms with van der Waals surface area (Å²) in [6.45, 7) is 2.64. The van der Waals surface area contributed by atoms with Crippen molar-refractivity contribution < 1.29 is 9.72 Å². The van der Waals surface area contributed by atoms with Crippen molar-refractivity contribution in [1.82, 2.24) is 4.90 Å². The van der Waals surface area contributed by atoms with Gasteiger partial charge in [0.05, 0.1) is 22.1 Å². The summed E-state index contributed by atoms with van der Waals surface area (Å²) in [7, 11) is 0. The number of nitro benzene ring substituents is 1. The number of halogens is 1. The van der Waals surface area contributed by atoms with Crippen LogP contribution in [0.25, 0.3) is 0 Å². The molecule has 0 atom stereocenters. The normalized spacial score (nSPS) is 14.4. The van der Waals surface area contributed by atoms with Crippen LogP contribution in [0.4, 0.5) is 17.1 Å². The first kappa shape index (κ1) is 19.6. The number of nitriles is 1. The van der Waals surface area contributed by atoms with Crippen LogP contribution in [0.15, 0.2) is 42.5 Å². The number of nitrogens with zero attached hydrogens (tertiary/aromatic N) is 4. The van der Waals surface area contributed by atoms with Crippen molar-refractivity contribution in [3.8, 4) is 6.07 Å². The van der Waals surface area contributed by atoms with Crippen LogP contribution in [0, 0.1) is 21.4 Å². The van der Waals surface area contributed by atoms with Gasteiger partial charge in [-0.1, -0.05) is 23.7 Å². The van der Waals surface area contributed by atoms with Gasteiger partial charge in [-0.05, 0) is 24.3 Å². The molecule has 9 heteroatoms. The molecular weight excluding hydrogens is 382 g/mol. The molecule has 1 aliphatic heterocycles. The summed E-state index contributed by atoms with van der Waals surface area (Å²) in [5.74, 6) is -0.181. The van der Waals surface area contributed by atoms with E-state index in [0.29, 0.717) is 48.1 Å². The van der Waals surface area contributed by atoms with Gasteiger partial charge in [0.2, 0.25) is 5.91 Å². The van der Waals surface area contributed by atoms with Gasteiger partial charge in [-0.25, -0.2) is 0 Å². The van der Waals surface area contributed by atoms with Crippen LogP contribution in [0.5, 0.6) is 0 Å². The second-order valence-electron chi connectivity index (χ2n) is 6.36. The van der Waals surface area contributed by atoms with Crippen molar-refractivity contribution in [1.29, 1.82) is 5.26 Å². The molecule has 8 nitrogen and oxygen atoms in total. The molecule has 2 aromatic rings. The topological polar surface area (TPSA) is 103 Å². The molecule has 0 aromatic heterocycles. The molecule has 1 heterocycles. The van der Waals surface area contributed by atoms with Crippen LogP contribution in [-0.2, 0) is 4.79 Å². The largest absolute Gasteiger partial charge is 0.363 e. The first-order valence-electron chi connectivity index (χ1n) is 8.68. The molecule has 0 saturated carbocycles. The molecule has 0 radical (unpaired) electrons. The molecular formula is C19H18ClN5O3. The molecule has 1 aliphatic rings. The van der Waals surface area contributed by atoms with Crippen molar-refractivity contribution in [2.75, 3.05) is 42.9 Å². The molecule has 1 saturated heterocycles. The average molecular weight is 400 g/mol. The third-order valence-corrected chi connectivity index (χ3v) is 4.84. The zero-order valence-corrected chi connectivity index (χ0v) is 15.7. The Labute approximate surface area is 167 Å². The third-order valence-electron chi connectivity index (χ3n) is 4.53. The SMILES string of the molecule is N#Cc1ccc(NC(=O)CN2CCN(c3ccccc3[N+](=O)[O-])CC2)cc1Cl. The van der Waals surface area contributed by atoms with E-state index in [9.17, 15) is 14.9 Å². The van der Waals surface area contributed by atoms with Crippen LogP contribution < -0.4 is 10.2 Å². The molecule has 0 aliphatic carbocycles. The lowest BCUT2D eigenvalue weighted by Gasteiger charge is -2.35. The average Bonchev–Trinajstić information content (AvgIpc) is 2.68. The second-order valence-corrected chi connectivity index (χ2v) is 6.77. The van der Waals surface area contributed by atoms with Crippen molar-refractivity contribution in [3.63, 3.8) is 0 Å². The summed E-state index contributed by atoms with van der Waals surface area (Å²) in [6.07, 6.45) is 0. The first-order valence-corrected chi connectivity index (χ1v) is 9.06. The lowest BCUT2D eigenvalue weighted by molar-refractivity contribution is -0.384. The van der Waals surface area contributed by atoms with E-state index in [1.54, 1.807) is 36.4 Å². The molecule has 1 amide bonds. The smallest absolute Gasteiger partial charge is 0.292 e. The van der Waals surface area contributed by atoms with Gasteiger partial charge in [0.1, 0.15) is 11.8 Å². The van der Waals surface area contributed by atoms with Crippen LogP contribution >= 0.6 is 11.6 Å². The molecule has 144 valence electrons. The fraction of sp³-hybridized carbons (Fsp3) is 0.263. The number of hydrogen-bond acceptors (Lipinski definition) is 6. The van der Waals surface area contributed by atoms with E-state index in [0.717, 1.165) is 0 Å². The Hall–Kier alpha value is -3.15. The molecule has 28 heavy (non-hydrogen) atoms. The van der Waals surface area contributed by atoms with E-state index >= 15 is 0 Å². The number of carbonyl (C=O) groups is 1. The summed E-state index contributed by atoms with van der Waals surface area (Å²) in [5.41, 5.74) is 1.58. The number of amides is 1. The monoisotopic (exact) mass is 399 g/mol. The highest BCUT2D eigenvalue weighted by Gasteiger charge is 2.24. The minimum Gasteiger partial charge on any atom is -0.363 e. The number of rotatable bonds is 5. The van der Waals surface area contributed by atoms with Gasteiger partial charge in [-0.3, -0.25) is 19.8 Å². The van der Waals surface area contributed by atoms with Crippen LogP contribution in [0.2, 0.25) is 5.02 Å². The predicted molar refractivity (Wildman–Crippen MR) is 107 cm³/mol. The molecule has 2 aromatic carbocycles. The first-order chi connectivity index (χ1) is 13.5. The van der Waals surface area contributed by atoms with Crippen molar-refractivity contribution >= 4 is 34.6 Å². The van der Waals surface area contributed by atoms with Gasteiger partial charge in [0.15, 0.2) is 0 Å². The van der Waals surface area contributed by atoms with Gasteiger partial charge in [0, 0.05) is 37.9 Å². The number of hydrogen-bond donors (Lipinski definition) is 1. The highest BCUT2D eigenvalue weighted by atomic mass is 35.5. The van der Waals surface area contributed by atoms with Gasteiger partial charge >= 0.3 is 0 Å². The molecule has 0 spiro atoms. The van der Waals surface area contributed by atoms with E-state index in [4.69, 9.17) is 16.9 Å². The number of nitrogens with one attached hydrogen (secondary N) is 1. The Morgan fingerprint density at radius 3 is 2.57 bits per heavy atom. The Balaban J connectivity index is 1.54. The highest BCUT2D eigenvalue weighted by Crippen LogP contribution is 2.28. The van der Waals surface area contributed by atoms with Gasteiger partial charge < -0.3 is 10.2 Å². The number of para-hydroxylation sites is 2. The molecule has 1 fully saturated rings. The van der Waals surface area contributed by atoms with Gasteiger partial charge in [-0.15, -0.1) is 0 Å². The minimum absolute atomic E-state index is 0.0892. The Morgan fingerprint density at radius 2 is 1.93 bits per heavy atom. The zero-order valence-electron chi connectivity index (χ0n) is 15.0. The lowest BCUT2D eigenvalue weighted by atomic mass is 10.2. The molecule has 0 unspecified atom stereocenters. The van der Waals surface area contributed by atoms with E-state index in [1.807, 2.05) is 15.9 Å². The summed E-state index contributed by atoms with van der Waals surface area (Å²) in [6, 6.07) is 13.4. The lowest BCUT2D eigenvalue weighted by Crippen LogP contribution is -2.48. The summed E-state index contributed by atoms with van der Waals surface area (Å²) < 4.78 is 0. The fourth-order valence-electron chi connectivity index (χ4n) is 3.12. The number of benzene rings is 2. The van der Waals surface area contributed by atoms with Gasteiger partial charge in [-0.2, -0.15) is 5.26 Å². The predicted octanol–water partition coefficient (Wildman–Crippen LogP) is 2.88. The Morgan fingerprint density at radius 1 is 1.21 bits per heavy atom. The molecule has 3 rings (SSSR count). The quantitative estimate of drug-likeness (QED) is 0.612. The maximum atomic E-state index is 12.3. The number of piperazine rings is 1. The maximum absolute atomic E-state index is 12.3. The van der Waals surface area contributed by atoms with Crippen LogP contribution in [0.3, 0.4) is 0 Å². The summed E-state index contributed by atoms with van der Waals surface area (Å²) in [4.78, 5) is 27.1. The Kier molecular flexibility index (Phi) is 6.09. The van der Waals surface area contributed by atoms with Crippen molar-refractivity contribution in [2.24, 2.45) is 0 Å². The molecule has 0 bridgehead atoms. The van der Waals surface area contributed by atoms with Crippen molar-refractivity contribution in [3.05, 3.63) is 63.2 Å². The minimum atomic E-state index is -0.377. The standard InChI is InChI=1S/C19H18ClN5O3/c20-16-11-15(6-5-14(16)12-21)22-19(26)13-23-7-9-24(10-8-23)17-3-1-2-4-18(17)25(27)28/h1-6,11H,7-10,13H2,(H,22,26). The fourth-order valence-corrected chi connectivity index (χ4v) is 3.34. The maximum Gasteiger partial charge on any atom is 0.292 e. The number of carbonyl (C=O) groups excluding carboxylic acids is 1. The van der Waals surface area contributed by atoms with E-state index < -0.39 is 0 Å². The summed E-state index contributed by atoms with van der Waals surface area (Å²) in [5, 5.41) is 23.2. The third kappa shape index (κ3) is 4.57. The van der Waals surface area contributed by atoms with Crippen LogP contribution in [0.1, 0.15) is 5.56 Å². The Bertz CT molecular complexity index is 935.